The molecule has 2 aromatic carbocycles. The monoisotopic (exact) mass is 486 g/mol. The van der Waals surface area contributed by atoms with Crippen LogP contribution in [0.1, 0.15) is 70.7 Å². The van der Waals surface area contributed by atoms with Crippen LogP contribution in [0.5, 0.6) is 5.75 Å². The molecule has 7 nitrogen and oxygen atoms in total. The van der Waals surface area contributed by atoms with Crippen molar-refractivity contribution in [3.63, 3.8) is 0 Å². The molecule has 2 aliphatic rings. The first-order valence-corrected chi connectivity index (χ1v) is 11.9. The zero-order chi connectivity index (χ0) is 24.9. The molecule has 9 heteroatoms. The first-order valence-electron chi connectivity index (χ1n) is 11.9. The molecule has 2 aromatic rings. The van der Waals surface area contributed by atoms with Crippen molar-refractivity contribution in [1.29, 1.82) is 0 Å². The molecule has 186 valence electrons. The van der Waals surface area contributed by atoms with Gasteiger partial charge in [0.05, 0.1) is 17.6 Å². The SMILES string of the molecule is O=C(NCCNC(=O)c1ccc(OC2CCC(C(=O)O)CC2)c(F)c1F)c1ccc(C2CC2)cc1. The fraction of sp³-hybridized carbons (Fsp3) is 0.423. The van der Waals surface area contributed by atoms with E-state index < -0.39 is 41.1 Å². The summed E-state index contributed by atoms with van der Waals surface area (Å²) in [5, 5.41) is 14.2. The molecule has 2 saturated carbocycles. The van der Waals surface area contributed by atoms with Crippen molar-refractivity contribution >= 4 is 17.8 Å². The number of ether oxygens (including phenoxy) is 1. The molecule has 0 radical (unpaired) electrons. The molecule has 0 saturated heterocycles. The zero-order valence-electron chi connectivity index (χ0n) is 19.2. The van der Waals surface area contributed by atoms with Crippen LogP contribution in [-0.4, -0.2) is 42.1 Å². The molecule has 0 aromatic heterocycles. The molecule has 3 N–H and O–H groups in total. The van der Waals surface area contributed by atoms with Crippen molar-refractivity contribution in [3.05, 3.63) is 64.7 Å². The fourth-order valence-electron chi connectivity index (χ4n) is 4.28. The zero-order valence-corrected chi connectivity index (χ0v) is 19.2. The predicted molar refractivity (Wildman–Crippen MR) is 123 cm³/mol. The molecule has 4 rings (SSSR count). The van der Waals surface area contributed by atoms with Gasteiger partial charge in [-0.2, -0.15) is 4.39 Å². The van der Waals surface area contributed by atoms with Gasteiger partial charge in [0, 0.05) is 18.7 Å². The van der Waals surface area contributed by atoms with Crippen molar-refractivity contribution in [1.82, 2.24) is 10.6 Å². The number of carboxylic acid groups (broad SMARTS) is 1. The second-order valence-corrected chi connectivity index (χ2v) is 9.08. The summed E-state index contributed by atoms with van der Waals surface area (Å²) in [6.45, 7) is 0.163. The van der Waals surface area contributed by atoms with E-state index >= 15 is 0 Å². The van der Waals surface area contributed by atoms with Crippen molar-refractivity contribution in [2.45, 2.75) is 50.5 Å². The summed E-state index contributed by atoms with van der Waals surface area (Å²) in [7, 11) is 0. The number of nitrogens with one attached hydrogen (secondary N) is 2. The first kappa shape index (κ1) is 24.6. The molecule has 0 heterocycles. The van der Waals surface area contributed by atoms with Crippen molar-refractivity contribution in [3.8, 4) is 5.75 Å². The van der Waals surface area contributed by atoms with E-state index in [1.54, 1.807) is 12.1 Å². The van der Waals surface area contributed by atoms with Gasteiger partial charge in [0.2, 0.25) is 5.82 Å². The molecular weight excluding hydrogens is 458 g/mol. The molecule has 2 fully saturated rings. The molecule has 0 spiro atoms. The van der Waals surface area contributed by atoms with Gasteiger partial charge in [-0.1, -0.05) is 12.1 Å². The van der Waals surface area contributed by atoms with E-state index in [4.69, 9.17) is 9.84 Å². The van der Waals surface area contributed by atoms with Crippen LogP contribution in [0.3, 0.4) is 0 Å². The molecule has 0 atom stereocenters. The third-order valence-electron chi connectivity index (χ3n) is 6.53. The Labute approximate surface area is 201 Å². The molecule has 35 heavy (non-hydrogen) atoms. The average Bonchev–Trinajstić information content (AvgIpc) is 3.70. The van der Waals surface area contributed by atoms with Gasteiger partial charge in [-0.3, -0.25) is 14.4 Å². The van der Waals surface area contributed by atoms with Crippen molar-refractivity contribution in [2.24, 2.45) is 5.92 Å². The summed E-state index contributed by atoms with van der Waals surface area (Å²) in [5.74, 6) is -4.68. The van der Waals surface area contributed by atoms with Gasteiger partial charge in [0.1, 0.15) is 0 Å². The molecule has 2 amide bonds. The Hall–Kier alpha value is -3.49. The second kappa shape index (κ2) is 10.8. The summed E-state index contributed by atoms with van der Waals surface area (Å²) >= 11 is 0. The highest BCUT2D eigenvalue weighted by Crippen LogP contribution is 2.39. The van der Waals surface area contributed by atoms with E-state index in [9.17, 15) is 23.2 Å². The lowest BCUT2D eigenvalue weighted by Gasteiger charge is -2.27. The van der Waals surface area contributed by atoms with Crippen molar-refractivity contribution < 1.29 is 33.0 Å². The van der Waals surface area contributed by atoms with Gasteiger partial charge in [-0.05, 0) is 74.3 Å². The third-order valence-corrected chi connectivity index (χ3v) is 6.53. The Morgan fingerprint density at radius 1 is 0.829 bits per heavy atom. The fourth-order valence-corrected chi connectivity index (χ4v) is 4.28. The number of carboxylic acids is 1. The molecule has 2 aliphatic carbocycles. The maximum Gasteiger partial charge on any atom is 0.306 e. The number of amides is 2. The first-order chi connectivity index (χ1) is 16.8. The Kier molecular flexibility index (Phi) is 7.63. The number of aliphatic carboxylic acids is 1. The topological polar surface area (TPSA) is 105 Å². The standard InChI is InChI=1S/C26H28F2N2O5/c27-22-20(11-12-21(23(22)28)35-19-9-7-18(8-10-19)26(33)34)25(32)30-14-13-29-24(31)17-5-3-16(4-6-17)15-1-2-15/h3-6,11-12,15,18-19H,1-2,7-10,13-14H2,(H,29,31)(H,30,32)(H,33,34). The highest BCUT2D eigenvalue weighted by Gasteiger charge is 2.28. The molecule has 0 aliphatic heterocycles. The predicted octanol–water partition coefficient (Wildman–Crippen LogP) is 4.02. The maximum atomic E-state index is 14.5. The number of hydrogen-bond acceptors (Lipinski definition) is 4. The van der Waals surface area contributed by atoms with E-state index in [1.807, 2.05) is 12.1 Å². The van der Waals surface area contributed by atoms with Gasteiger partial charge >= 0.3 is 5.97 Å². The summed E-state index contributed by atoms with van der Waals surface area (Å²) < 4.78 is 34.6. The number of hydrogen-bond donors (Lipinski definition) is 3. The Morgan fingerprint density at radius 2 is 1.46 bits per heavy atom. The van der Waals surface area contributed by atoms with Crippen molar-refractivity contribution in [2.75, 3.05) is 13.1 Å². The van der Waals surface area contributed by atoms with Crippen LogP contribution in [-0.2, 0) is 4.79 Å². The van der Waals surface area contributed by atoms with E-state index in [2.05, 4.69) is 10.6 Å². The average molecular weight is 487 g/mol. The van der Waals surface area contributed by atoms with E-state index in [0.29, 0.717) is 37.2 Å². The highest BCUT2D eigenvalue weighted by molar-refractivity contribution is 5.95. The summed E-state index contributed by atoms with van der Waals surface area (Å²) in [6, 6.07) is 9.76. The number of carbonyl (C=O) groups is 3. The lowest BCUT2D eigenvalue weighted by molar-refractivity contribution is -0.143. The van der Waals surface area contributed by atoms with Crippen LogP contribution >= 0.6 is 0 Å². The second-order valence-electron chi connectivity index (χ2n) is 9.08. The molecule has 0 unspecified atom stereocenters. The van der Waals surface area contributed by atoms with Crippen LogP contribution in [0, 0.1) is 17.6 Å². The smallest absolute Gasteiger partial charge is 0.306 e. The minimum Gasteiger partial charge on any atom is -0.487 e. The van der Waals surface area contributed by atoms with E-state index in [0.717, 1.165) is 6.07 Å². The summed E-state index contributed by atoms with van der Waals surface area (Å²) in [5.41, 5.74) is 1.28. The lowest BCUT2D eigenvalue weighted by Crippen LogP contribution is -2.35. The largest absolute Gasteiger partial charge is 0.487 e. The van der Waals surface area contributed by atoms with Gasteiger partial charge in [0.25, 0.3) is 11.8 Å². The van der Waals surface area contributed by atoms with Crippen LogP contribution in [0.15, 0.2) is 36.4 Å². The van der Waals surface area contributed by atoms with Gasteiger partial charge in [-0.25, -0.2) is 4.39 Å². The van der Waals surface area contributed by atoms with Crippen LogP contribution < -0.4 is 15.4 Å². The normalized spacial score (nSPS) is 19.6. The molecular formula is C26H28F2N2O5. The van der Waals surface area contributed by atoms with Crippen LogP contribution in [0.2, 0.25) is 0 Å². The number of halogens is 2. The Bertz CT molecular complexity index is 1090. The van der Waals surface area contributed by atoms with Crippen LogP contribution in [0.25, 0.3) is 0 Å². The van der Waals surface area contributed by atoms with Gasteiger partial charge in [-0.15, -0.1) is 0 Å². The van der Waals surface area contributed by atoms with Gasteiger partial charge < -0.3 is 20.5 Å². The van der Waals surface area contributed by atoms with E-state index in [-0.39, 0.29) is 24.7 Å². The van der Waals surface area contributed by atoms with Gasteiger partial charge in [0.15, 0.2) is 11.6 Å². The lowest BCUT2D eigenvalue weighted by atomic mass is 9.87. The number of rotatable bonds is 9. The number of benzene rings is 2. The highest BCUT2D eigenvalue weighted by atomic mass is 19.2. The number of carbonyl (C=O) groups excluding carboxylic acids is 2. The summed E-state index contributed by atoms with van der Waals surface area (Å²) in [4.78, 5) is 35.6. The minimum absolute atomic E-state index is 0.0386. The molecule has 0 bridgehead atoms. The Balaban J connectivity index is 1.24. The van der Waals surface area contributed by atoms with Crippen LogP contribution in [0.4, 0.5) is 8.78 Å². The summed E-state index contributed by atoms with van der Waals surface area (Å²) in [6.07, 6.45) is 3.63. The minimum atomic E-state index is -1.32. The maximum absolute atomic E-state index is 14.5. The van der Waals surface area contributed by atoms with E-state index in [1.165, 1.54) is 24.5 Å². The quantitative estimate of drug-likeness (QED) is 0.465. The third kappa shape index (κ3) is 6.15. The Morgan fingerprint density at radius 3 is 2.06 bits per heavy atom.